The molecule has 1 N–H and O–H groups in total. The minimum Gasteiger partial charge on any atom is -0.315 e. The molecule has 2 aromatic rings. The van der Waals surface area contributed by atoms with Crippen LogP contribution in [0, 0.1) is 11.3 Å². The van der Waals surface area contributed by atoms with E-state index in [0.29, 0.717) is 11.4 Å². The smallest absolute Gasteiger partial charge is 0.209 e. The number of rotatable bonds is 8. The lowest BCUT2D eigenvalue weighted by atomic mass is 10.2. The Hall–Kier alpha value is -1.98. The van der Waals surface area contributed by atoms with Crippen molar-refractivity contribution in [2.45, 2.75) is 30.8 Å². The van der Waals surface area contributed by atoms with Crippen LogP contribution in [-0.2, 0) is 12.3 Å². The molecule has 2 heterocycles. The third-order valence-corrected chi connectivity index (χ3v) is 3.79. The Bertz CT molecular complexity index is 605. The molecule has 0 saturated heterocycles. The standard InChI is InChI=1S/C13H17N7S/c1-2-5-15-7-8-20-13(17-18-19-20)21-10-11-4-3-6-16-12(11)9-14/h3-4,6,15H,2,5,7-8,10H2,1H3. The quantitative estimate of drug-likeness (QED) is 0.579. The van der Waals surface area contributed by atoms with Crippen LogP contribution < -0.4 is 5.32 Å². The first-order chi connectivity index (χ1) is 10.3. The van der Waals surface area contributed by atoms with Crippen molar-refractivity contribution in [1.29, 1.82) is 5.26 Å². The van der Waals surface area contributed by atoms with Gasteiger partial charge in [-0.1, -0.05) is 24.8 Å². The number of pyridine rings is 1. The number of aromatic nitrogens is 5. The normalized spacial score (nSPS) is 10.5. The Balaban J connectivity index is 1.92. The number of thioether (sulfide) groups is 1. The number of nitrogens with one attached hydrogen (secondary N) is 1. The molecule has 7 nitrogen and oxygen atoms in total. The highest BCUT2D eigenvalue weighted by Gasteiger charge is 2.09. The number of hydrogen-bond acceptors (Lipinski definition) is 7. The Morgan fingerprint density at radius 1 is 1.43 bits per heavy atom. The van der Waals surface area contributed by atoms with Gasteiger partial charge in [-0.25, -0.2) is 9.67 Å². The van der Waals surface area contributed by atoms with E-state index in [2.05, 4.69) is 38.8 Å². The van der Waals surface area contributed by atoms with Crippen LogP contribution in [0.25, 0.3) is 0 Å². The fraction of sp³-hybridized carbons (Fsp3) is 0.462. The summed E-state index contributed by atoms with van der Waals surface area (Å²) in [5.74, 6) is 0.624. The Kier molecular flexibility index (Phi) is 6.12. The summed E-state index contributed by atoms with van der Waals surface area (Å²) in [6.45, 7) is 4.69. The second-order valence-electron chi connectivity index (χ2n) is 4.35. The molecule has 0 fully saturated rings. The maximum Gasteiger partial charge on any atom is 0.209 e. The molecule has 0 bridgehead atoms. The summed E-state index contributed by atoms with van der Waals surface area (Å²) in [6, 6.07) is 5.82. The first-order valence-electron chi connectivity index (χ1n) is 6.78. The lowest BCUT2D eigenvalue weighted by Gasteiger charge is -2.05. The van der Waals surface area contributed by atoms with Crippen molar-refractivity contribution in [3.05, 3.63) is 29.6 Å². The Morgan fingerprint density at radius 2 is 2.33 bits per heavy atom. The number of nitriles is 1. The molecule has 0 aliphatic carbocycles. The van der Waals surface area contributed by atoms with E-state index in [-0.39, 0.29) is 0 Å². The lowest BCUT2D eigenvalue weighted by Crippen LogP contribution is -2.21. The van der Waals surface area contributed by atoms with E-state index in [1.165, 1.54) is 11.8 Å². The van der Waals surface area contributed by atoms with E-state index in [9.17, 15) is 0 Å². The van der Waals surface area contributed by atoms with Crippen LogP contribution >= 0.6 is 11.8 Å². The largest absolute Gasteiger partial charge is 0.315 e. The number of nitrogens with zero attached hydrogens (tertiary/aromatic N) is 6. The summed E-state index contributed by atoms with van der Waals surface area (Å²) in [5.41, 5.74) is 1.34. The van der Waals surface area contributed by atoms with Crippen LogP contribution in [0.5, 0.6) is 0 Å². The Morgan fingerprint density at radius 3 is 3.14 bits per heavy atom. The molecule has 0 spiro atoms. The maximum absolute atomic E-state index is 9.02. The van der Waals surface area contributed by atoms with E-state index in [4.69, 9.17) is 5.26 Å². The van der Waals surface area contributed by atoms with Crippen LogP contribution in [0.15, 0.2) is 23.5 Å². The molecule has 0 saturated carbocycles. The zero-order valence-corrected chi connectivity index (χ0v) is 12.7. The summed E-state index contributed by atoms with van der Waals surface area (Å²) in [6.07, 6.45) is 2.73. The van der Waals surface area contributed by atoms with Crippen LogP contribution in [-0.4, -0.2) is 38.3 Å². The van der Waals surface area contributed by atoms with Crippen LogP contribution in [0.3, 0.4) is 0 Å². The first kappa shape index (κ1) is 15.4. The molecule has 0 aliphatic rings. The highest BCUT2D eigenvalue weighted by atomic mass is 32.2. The van der Waals surface area contributed by atoms with Crippen molar-refractivity contribution in [2.24, 2.45) is 0 Å². The van der Waals surface area contributed by atoms with E-state index in [1.54, 1.807) is 10.9 Å². The average Bonchev–Trinajstić information content (AvgIpc) is 2.97. The lowest BCUT2D eigenvalue weighted by molar-refractivity contribution is 0.510. The van der Waals surface area contributed by atoms with Gasteiger partial charge in [0.2, 0.25) is 5.16 Å². The SMILES string of the molecule is CCCNCCn1nnnc1SCc1cccnc1C#N. The van der Waals surface area contributed by atoms with Crippen molar-refractivity contribution in [3.63, 3.8) is 0 Å². The first-order valence-corrected chi connectivity index (χ1v) is 7.77. The highest BCUT2D eigenvalue weighted by Crippen LogP contribution is 2.20. The molecule has 21 heavy (non-hydrogen) atoms. The average molecular weight is 303 g/mol. The van der Waals surface area contributed by atoms with Crippen molar-refractivity contribution in [3.8, 4) is 6.07 Å². The minimum absolute atomic E-state index is 0.452. The predicted octanol–water partition coefficient (Wildman–Crippen LogP) is 1.23. The van der Waals surface area contributed by atoms with E-state index in [0.717, 1.165) is 36.8 Å². The minimum atomic E-state index is 0.452. The van der Waals surface area contributed by atoms with Gasteiger partial charge in [0.25, 0.3) is 0 Å². The third-order valence-electron chi connectivity index (χ3n) is 2.78. The van der Waals surface area contributed by atoms with E-state index < -0.39 is 0 Å². The van der Waals surface area contributed by atoms with Gasteiger partial charge in [-0.05, 0) is 35.0 Å². The van der Waals surface area contributed by atoms with Crippen molar-refractivity contribution < 1.29 is 0 Å². The second kappa shape index (κ2) is 8.34. The van der Waals surface area contributed by atoms with Gasteiger partial charge < -0.3 is 5.32 Å². The zero-order chi connectivity index (χ0) is 14.9. The summed E-state index contributed by atoms with van der Waals surface area (Å²) in [7, 11) is 0. The Labute approximate surface area is 127 Å². The fourth-order valence-corrected chi connectivity index (χ4v) is 2.61. The van der Waals surface area contributed by atoms with Gasteiger partial charge in [0.05, 0.1) is 6.54 Å². The third kappa shape index (κ3) is 4.51. The molecular weight excluding hydrogens is 286 g/mol. The summed E-state index contributed by atoms with van der Waals surface area (Å²) in [4.78, 5) is 4.05. The monoisotopic (exact) mass is 303 g/mol. The van der Waals surface area contributed by atoms with Crippen molar-refractivity contribution in [2.75, 3.05) is 13.1 Å². The molecule has 0 amide bonds. The number of hydrogen-bond donors (Lipinski definition) is 1. The summed E-state index contributed by atoms with van der Waals surface area (Å²) >= 11 is 1.51. The molecule has 0 aliphatic heterocycles. The van der Waals surface area contributed by atoms with Gasteiger partial charge in [-0.15, -0.1) is 5.10 Å². The van der Waals surface area contributed by atoms with Crippen molar-refractivity contribution >= 4 is 11.8 Å². The van der Waals surface area contributed by atoms with Crippen LogP contribution in [0.4, 0.5) is 0 Å². The van der Waals surface area contributed by atoms with E-state index in [1.807, 2.05) is 12.1 Å². The van der Waals surface area contributed by atoms with Crippen LogP contribution in [0.2, 0.25) is 0 Å². The molecular formula is C13H17N7S. The fourth-order valence-electron chi connectivity index (χ4n) is 1.72. The van der Waals surface area contributed by atoms with Gasteiger partial charge in [0.1, 0.15) is 11.8 Å². The molecule has 0 aromatic carbocycles. The molecule has 2 aromatic heterocycles. The number of tetrazole rings is 1. The van der Waals surface area contributed by atoms with E-state index >= 15 is 0 Å². The predicted molar refractivity (Wildman–Crippen MR) is 79.5 cm³/mol. The molecule has 0 atom stereocenters. The van der Waals surface area contributed by atoms with Gasteiger partial charge in [0.15, 0.2) is 0 Å². The summed E-state index contributed by atoms with van der Waals surface area (Å²) < 4.78 is 1.77. The second-order valence-corrected chi connectivity index (χ2v) is 5.29. The van der Waals surface area contributed by atoms with Gasteiger partial charge >= 0.3 is 0 Å². The van der Waals surface area contributed by atoms with Gasteiger partial charge in [-0.2, -0.15) is 5.26 Å². The van der Waals surface area contributed by atoms with Gasteiger partial charge in [-0.3, -0.25) is 0 Å². The zero-order valence-electron chi connectivity index (χ0n) is 11.9. The van der Waals surface area contributed by atoms with Gasteiger partial charge in [0, 0.05) is 18.5 Å². The van der Waals surface area contributed by atoms with Crippen LogP contribution in [0.1, 0.15) is 24.6 Å². The van der Waals surface area contributed by atoms with Crippen molar-refractivity contribution in [1.82, 2.24) is 30.5 Å². The highest BCUT2D eigenvalue weighted by molar-refractivity contribution is 7.98. The summed E-state index contributed by atoms with van der Waals surface area (Å²) in [5, 5.41) is 24.8. The molecule has 8 heteroatoms. The topological polar surface area (TPSA) is 92.3 Å². The molecule has 0 unspecified atom stereocenters. The molecule has 2 rings (SSSR count). The molecule has 0 radical (unpaired) electrons. The molecule has 110 valence electrons. The maximum atomic E-state index is 9.02.